The standard InChI is InChI=1S/C15H25N3/c1-3-15(18-10-8-17-9-11-18)14-6-4-13(5-7-14)12(2)16/h4-7,12,15,17H,3,8-11,16H2,1-2H3/t12-,15?/m0/s1. The number of nitrogens with zero attached hydrogens (tertiary/aromatic N) is 1. The molecule has 1 unspecified atom stereocenters. The van der Waals surface area contributed by atoms with Crippen molar-refractivity contribution in [1.29, 1.82) is 0 Å². The fourth-order valence-electron chi connectivity index (χ4n) is 2.72. The van der Waals surface area contributed by atoms with Crippen LogP contribution < -0.4 is 11.1 Å². The van der Waals surface area contributed by atoms with Crippen molar-refractivity contribution in [1.82, 2.24) is 10.2 Å². The Hall–Kier alpha value is -0.900. The number of nitrogens with one attached hydrogen (secondary N) is 1. The molecule has 100 valence electrons. The molecule has 0 radical (unpaired) electrons. The molecular weight excluding hydrogens is 222 g/mol. The van der Waals surface area contributed by atoms with Gasteiger partial charge in [0.15, 0.2) is 0 Å². The molecule has 0 aliphatic carbocycles. The van der Waals surface area contributed by atoms with Crippen LogP contribution in [-0.2, 0) is 0 Å². The molecule has 0 amide bonds. The normalized spacial score (nSPS) is 20.6. The Bertz CT molecular complexity index is 353. The third-order valence-corrected chi connectivity index (χ3v) is 3.83. The first-order valence-corrected chi connectivity index (χ1v) is 7.02. The molecule has 2 rings (SSSR count). The smallest absolute Gasteiger partial charge is 0.0346 e. The largest absolute Gasteiger partial charge is 0.324 e. The van der Waals surface area contributed by atoms with Crippen LogP contribution in [0.25, 0.3) is 0 Å². The first-order chi connectivity index (χ1) is 8.72. The number of hydrogen-bond donors (Lipinski definition) is 2. The average molecular weight is 247 g/mol. The van der Waals surface area contributed by atoms with Crippen molar-refractivity contribution < 1.29 is 0 Å². The van der Waals surface area contributed by atoms with E-state index in [4.69, 9.17) is 5.73 Å². The van der Waals surface area contributed by atoms with Crippen molar-refractivity contribution in [3.05, 3.63) is 35.4 Å². The van der Waals surface area contributed by atoms with Crippen LogP contribution in [0.1, 0.15) is 43.5 Å². The van der Waals surface area contributed by atoms with E-state index in [-0.39, 0.29) is 6.04 Å². The van der Waals surface area contributed by atoms with Gasteiger partial charge in [0.2, 0.25) is 0 Å². The van der Waals surface area contributed by atoms with E-state index in [1.165, 1.54) is 11.1 Å². The topological polar surface area (TPSA) is 41.3 Å². The highest BCUT2D eigenvalue weighted by molar-refractivity contribution is 5.26. The lowest BCUT2D eigenvalue weighted by Gasteiger charge is -2.34. The Labute approximate surface area is 110 Å². The number of rotatable bonds is 4. The van der Waals surface area contributed by atoms with Crippen molar-refractivity contribution in [2.75, 3.05) is 26.2 Å². The van der Waals surface area contributed by atoms with Gasteiger partial charge in [-0.1, -0.05) is 31.2 Å². The van der Waals surface area contributed by atoms with Gasteiger partial charge in [0.05, 0.1) is 0 Å². The Balaban J connectivity index is 2.11. The zero-order valence-corrected chi connectivity index (χ0v) is 11.5. The second kappa shape index (κ2) is 6.32. The lowest BCUT2D eigenvalue weighted by molar-refractivity contribution is 0.169. The molecule has 1 fully saturated rings. The zero-order chi connectivity index (χ0) is 13.0. The van der Waals surface area contributed by atoms with Gasteiger partial charge >= 0.3 is 0 Å². The fourth-order valence-corrected chi connectivity index (χ4v) is 2.72. The lowest BCUT2D eigenvalue weighted by atomic mass is 9.99. The van der Waals surface area contributed by atoms with E-state index in [0.29, 0.717) is 6.04 Å². The van der Waals surface area contributed by atoms with Gasteiger partial charge in [-0.25, -0.2) is 0 Å². The maximum Gasteiger partial charge on any atom is 0.0346 e. The van der Waals surface area contributed by atoms with Crippen molar-refractivity contribution in [2.24, 2.45) is 5.73 Å². The van der Waals surface area contributed by atoms with E-state index in [0.717, 1.165) is 32.6 Å². The summed E-state index contributed by atoms with van der Waals surface area (Å²) in [6.45, 7) is 8.80. The van der Waals surface area contributed by atoms with E-state index in [1.54, 1.807) is 0 Å². The molecular formula is C15H25N3. The summed E-state index contributed by atoms with van der Waals surface area (Å²) in [5.41, 5.74) is 8.53. The molecule has 1 aliphatic rings. The molecule has 0 bridgehead atoms. The number of nitrogens with two attached hydrogens (primary N) is 1. The van der Waals surface area contributed by atoms with Crippen molar-refractivity contribution in [3.8, 4) is 0 Å². The molecule has 1 saturated heterocycles. The first kappa shape index (κ1) is 13.5. The summed E-state index contributed by atoms with van der Waals surface area (Å²) in [5, 5.41) is 3.41. The molecule has 3 N–H and O–H groups in total. The van der Waals surface area contributed by atoms with Crippen LogP contribution in [0, 0.1) is 0 Å². The maximum atomic E-state index is 5.90. The summed E-state index contributed by atoms with van der Waals surface area (Å²) >= 11 is 0. The molecule has 1 aromatic rings. The zero-order valence-electron chi connectivity index (χ0n) is 11.5. The van der Waals surface area contributed by atoms with Gasteiger partial charge < -0.3 is 11.1 Å². The molecule has 1 aliphatic heterocycles. The van der Waals surface area contributed by atoms with Crippen molar-refractivity contribution >= 4 is 0 Å². The van der Waals surface area contributed by atoms with Crippen LogP contribution in [0.15, 0.2) is 24.3 Å². The second-order valence-electron chi connectivity index (χ2n) is 5.17. The summed E-state index contributed by atoms with van der Waals surface area (Å²) in [4.78, 5) is 2.58. The van der Waals surface area contributed by atoms with Gasteiger partial charge in [-0.2, -0.15) is 0 Å². The van der Waals surface area contributed by atoms with Gasteiger partial charge in [0.1, 0.15) is 0 Å². The highest BCUT2D eigenvalue weighted by atomic mass is 15.2. The van der Waals surface area contributed by atoms with E-state index < -0.39 is 0 Å². The SMILES string of the molecule is CCC(c1ccc([C@H](C)N)cc1)N1CCNCC1. The van der Waals surface area contributed by atoms with Crippen LogP contribution >= 0.6 is 0 Å². The molecule has 1 heterocycles. The van der Waals surface area contributed by atoms with Gasteiger partial charge in [-0.05, 0) is 24.5 Å². The van der Waals surface area contributed by atoms with Gasteiger partial charge in [-0.3, -0.25) is 4.90 Å². The molecule has 2 atom stereocenters. The summed E-state index contributed by atoms with van der Waals surface area (Å²) in [5.74, 6) is 0. The minimum Gasteiger partial charge on any atom is -0.324 e. The third-order valence-electron chi connectivity index (χ3n) is 3.83. The van der Waals surface area contributed by atoms with E-state index in [1.807, 2.05) is 6.92 Å². The number of hydrogen-bond acceptors (Lipinski definition) is 3. The molecule has 3 heteroatoms. The van der Waals surface area contributed by atoms with E-state index >= 15 is 0 Å². The average Bonchev–Trinajstić information content (AvgIpc) is 2.41. The minimum absolute atomic E-state index is 0.123. The second-order valence-corrected chi connectivity index (χ2v) is 5.17. The summed E-state index contributed by atoms with van der Waals surface area (Å²) in [6, 6.07) is 9.51. The Kier molecular flexibility index (Phi) is 4.75. The van der Waals surface area contributed by atoms with Crippen LogP contribution in [0.2, 0.25) is 0 Å². The molecule has 1 aromatic carbocycles. The molecule has 0 aromatic heterocycles. The predicted molar refractivity (Wildman–Crippen MR) is 76.5 cm³/mol. The van der Waals surface area contributed by atoms with Crippen molar-refractivity contribution in [2.45, 2.75) is 32.4 Å². The fraction of sp³-hybridized carbons (Fsp3) is 0.600. The molecule has 18 heavy (non-hydrogen) atoms. The summed E-state index contributed by atoms with van der Waals surface area (Å²) in [7, 11) is 0. The first-order valence-electron chi connectivity index (χ1n) is 7.02. The highest BCUT2D eigenvalue weighted by Gasteiger charge is 2.20. The predicted octanol–water partition coefficient (Wildman–Crippen LogP) is 2.06. The maximum absolute atomic E-state index is 5.90. The monoisotopic (exact) mass is 247 g/mol. The van der Waals surface area contributed by atoms with Gasteiger partial charge in [-0.15, -0.1) is 0 Å². The molecule has 3 nitrogen and oxygen atoms in total. The minimum atomic E-state index is 0.123. The number of benzene rings is 1. The van der Waals surface area contributed by atoms with E-state index in [9.17, 15) is 0 Å². The lowest BCUT2D eigenvalue weighted by Crippen LogP contribution is -2.45. The Morgan fingerprint density at radius 1 is 1.17 bits per heavy atom. The van der Waals surface area contributed by atoms with Gasteiger partial charge in [0.25, 0.3) is 0 Å². The van der Waals surface area contributed by atoms with Crippen molar-refractivity contribution in [3.63, 3.8) is 0 Å². The summed E-state index contributed by atoms with van der Waals surface area (Å²) in [6.07, 6.45) is 1.16. The van der Waals surface area contributed by atoms with E-state index in [2.05, 4.69) is 41.4 Å². The van der Waals surface area contributed by atoms with Gasteiger partial charge in [0, 0.05) is 38.3 Å². The quantitative estimate of drug-likeness (QED) is 0.856. The van der Waals surface area contributed by atoms with Crippen LogP contribution in [-0.4, -0.2) is 31.1 Å². The van der Waals surface area contributed by atoms with Crippen LogP contribution in [0.4, 0.5) is 0 Å². The van der Waals surface area contributed by atoms with Crippen LogP contribution in [0.5, 0.6) is 0 Å². The third kappa shape index (κ3) is 3.10. The molecule has 0 spiro atoms. The molecule has 0 saturated carbocycles. The highest BCUT2D eigenvalue weighted by Crippen LogP contribution is 2.25. The summed E-state index contributed by atoms with van der Waals surface area (Å²) < 4.78 is 0. The van der Waals surface area contributed by atoms with Crippen LogP contribution in [0.3, 0.4) is 0 Å². The number of piperazine rings is 1. The Morgan fingerprint density at radius 3 is 2.22 bits per heavy atom. The Morgan fingerprint density at radius 2 is 1.72 bits per heavy atom.